The molecule has 0 unspecified atom stereocenters. The molecule has 1 aliphatic carbocycles. The molecule has 7 heteroatoms. The van der Waals surface area contributed by atoms with Gasteiger partial charge in [-0.25, -0.2) is 17.9 Å². The Morgan fingerprint density at radius 3 is 2.79 bits per heavy atom. The first-order valence-corrected chi connectivity index (χ1v) is 7.93. The van der Waals surface area contributed by atoms with Gasteiger partial charge in [0.1, 0.15) is 11.8 Å². The average molecular weight is 280 g/mol. The van der Waals surface area contributed by atoms with E-state index in [0.29, 0.717) is 11.3 Å². The molecule has 1 fully saturated rings. The van der Waals surface area contributed by atoms with Crippen molar-refractivity contribution in [3.63, 3.8) is 0 Å². The van der Waals surface area contributed by atoms with Crippen molar-refractivity contribution in [3.8, 4) is 0 Å². The summed E-state index contributed by atoms with van der Waals surface area (Å²) in [5.74, 6) is 0.356. The van der Waals surface area contributed by atoms with Crippen LogP contribution in [-0.2, 0) is 10.0 Å². The summed E-state index contributed by atoms with van der Waals surface area (Å²) in [6.07, 6.45) is 4.80. The first kappa shape index (κ1) is 12.4. The van der Waals surface area contributed by atoms with E-state index < -0.39 is 10.0 Å². The minimum Gasteiger partial charge on any atom is -0.265 e. The summed E-state index contributed by atoms with van der Waals surface area (Å²) in [5, 5.41) is 3.81. The molecule has 1 aliphatic rings. The van der Waals surface area contributed by atoms with Crippen LogP contribution in [0, 0.1) is 6.92 Å². The zero-order valence-corrected chi connectivity index (χ0v) is 11.5. The van der Waals surface area contributed by atoms with Gasteiger partial charge in [-0.05, 0) is 31.9 Å². The van der Waals surface area contributed by atoms with Crippen LogP contribution in [-0.4, -0.2) is 28.3 Å². The zero-order chi connectivity index (χ0) is 13.5. The van der Waals surface area contributed by atoms with Crippen LogP contribution in [0.4, 0.5) is 5.82 Å². The SMILES string of the molecule is Cc1ccc2c(NS(=O)(=O)C3CCCC3)ncnn12. The topological polar surface area (TPSA) is 76.4 Å². The van der Waals surface area contributed by atoms with E-state index in [0.717, 1.165) is 31.4 Å². The highest BCUT2D eigenvalue weighted by Crippen LogP contribution is 2.26. The van der Waals surface area contributed by atoms with Crippen LogP contribution >= 0.6 is 0 Å². The number of hydrogen-bond donors (Lipinski definition) is 1. The first-order chi connectivity index (χ1) is 9.08. The summed E-state index contributed by atoms with van der Waals surface area (Å²) in [6.45, 7) is 1.91. The molecule has 2 aromatic rings. The average Bonchev–Trinajstić information content (AvgIpc) is 3.00. The van der Waals surface area contributed by atoms with Gasteiger partial charge in [0.05, 0.1) is 5.25 Å². The van der Waals surface area contributed by atoms with Gasteiger partial charge >= 0.3 is 0 Å². The van der Waals surface area contributed by atoms with Gasteiger partial charge in [0.2, 0.25) is 10.0 Å². The van der Waals surface area contributed by atoms with Gasteiger partial charge in [-0.15, -0.1) is 0 Å². The Labute approximate surface area is 111 Å². The van der Waals surface area contributed by atoms with Crippen molar-refractivity contribution in [1.29, 1.82) is 0 Å². The molecule has 0 aliphatic heterocycles. The van der Waals surface area contributed by atoms with Crippen LogP contribution in [0.1, 0.15) is 31.4 Å². The normalized spacial score (nSPS) is 17.1. The number of aromatic nitrogens is 3. The largest absolute Gasteiger partial charge is 0.265 e. The number of hydrogen-bond acceptors (Lipinski definition) is 4. The molecule has 0 amide bonds. The molecule has 1 saturated carbocycles. The molecule has 2 heterocycles. The van der Waals surface area contributed by atoms with Gasteiger partial charge in [0.15, 0.2) is 5.82 Å². The molecule has 0 atom stereocenters. The number of nitrogens with one attached hydrogen (secondary N) is 1. The molecule has 2 aromatic heterocycles. The summed E-state index contributed by atoms with van der Waals surface area (Å²) in [4.78, 5) is 4.05. The second-order valence-corrected chi connectivity index (χ2v) is 6.89. The lowest BCUT2D eigenvalue weighted by Gasteiger charge is -2.13. The second-order valence-electron chi connectivity index (χ2n) is 4.93. The van der Waals surface area contributed by atoms with E-state index in [4.69, 9.17) is 0 Å². The van der Waals surface area contributed by atoms with Gasteiger partial charge in [0, 0.05) is 5.69 Å². The Bertz CT molecular complexity index is 702. The van der Waals surface area contributed by atoms with E-state index in [1.807, 2.05) is 19.1 Å². The number of rotatable bonds is 3. The molecule has 0 aromatic carbocycles. The van der Waals surface area contributed by atoms with Crippen LogP contribution in [0.5, 0.6) is 0 Å². The van der Waals surface area contributed by atoms with Crippen molar-refractivity contribution < 1.29 is 8.42 Å². The van der Waals surface area contributed by atoms with Gasteiger partial charge in [-0.3, -0.25) is 4.72 Å². The minimum absolute atomic E-state index is 0.293. The van der Waals surface area contributed by atoms with E-state index >= 15 is 0 Å². The van der Waals surface area contributed by atoms with Gasteiger partial charge in [-0.2, -0.15) is 5.10 Å². The predicted molar refractivity (Wildman–Crippen MR) is 72.5 cm³/mol. The standard InChI is InChI=1S/C12H16N4O2S/c1-9-6-7-11-12(13-8-14-16(9)11)15-19(17,18)10-4-2-3-5-10/h6-8,10H,2-5H2,1H3,(H,13,14,15). The van der Waals surface area contributed by atoms with Crippen LogP contribution in [0.15, 0.2) is 18.5 Å². The summed E-state index contributed by atoms with van der Waals surface area (Å²) >= 11 is 0. The van der Waals surface area contributed by atoms with Gasteiger partial charge in [0.25, 0.3) is 0 Å². The fourth-order valence-electron chi connectivity index (χ4n) is 2.56. The molecule has 102 valence electrons. The Hall–Kier alpha value is -1.63. The zero-order valence-electron chi connectivity index (χ0n) is 10.7. The number of nitrogens with zero attached hydrogens (tertiary/aromatic N) is 3. The van der Waals surface area contributed by atoms with Crippen LogP contribution in [0.3, 0.4) is 0 Å². The lowest BCUT2D eigenvalue weighted by molar-refractivity contribution is 0.585. The van der Waals surface area contributed by atoms with Crippen molar-refractivity contribution in [2.24, 2.45) is 0 Å². The molecule has 0 radical (unpaired) electrons. The third kappa shape index (κ3) is 2.18. The van der Waals surface area contributed by atoms with E-state index in [9.17, 15) is 8.42 Å². The maximum atomic E-state index is 12.3. The monoisotopic (exact) mass is 280 g/mol. The number of anilines is 1. The maximum Gasteiger partial charge on any atom is 0.236 e. The third-order valence-electron chi connectivity index (χ3n) is 3.62. The highest BCUT2D eigenvalue weighted by molar-refractivity contribution is 7.93. The third-order valence-corrected chi connectivity index (χ3v) is 5.45. The molecular formula is C12H16N4O2S. The Morgan fingerprint density at radius 1 is 1.32 bits per heavy atom. The second kappa shape index (κ2) is 4.48. The fraction of sp³-hybridized carbons (Fsp3) is 0.500. The van der Waals surface area contributed by atoms with Gasteiger partial charge < -0.3 is 0 Å². The number of fused-ring (bicyclic) bond motifs is 1. The number of sulfonamides is 1. The van der Waals surface area contributed by atoms with Crippen molar-refractivity contribution >= 4 is 21.4 Å². The summed E-state index contributed by atoms with van der Waals surface area (Å²) in [6, 6.07) is 3.71. The highest BCUT2D eigenvalue weighted by atomic mass is 32.2. The van der Waals surface area contributed by atoms with E-state index in [-0.39, 0.29) is 5.25 Å². The Balaban J connectivity index is 1.97. The van der Waals surface area contributed by atoms with E-state index in [2.05, 4.69) is 14.8 Å². The van der Waals surface area contributed by atoms with Gasteiger partial charge in [-0.1, -0.05) is 12.8 Å². The van der Waals surface area contributed by atoms with Crippen LogP contribution in [0.25, 0.3) is 5.52 Å². The van der Waals surface area contributed by atoms with E-state index in [1.165, 1.54) is 6.33 Å². The molecule has 0 spiro atoms. The molecular weight excluding hydrogens is 264 g/mol. The Morgan fingerprint density at radius 2 is 2.05 bits per heavy atom. The molecule has 0 bridgehead atoms. The molecule has 3 rings (SSSR count). The lowest BCUT2D eigenvalue weighted by atomic mass is 10.4. The van der Waals surface area contributed by atoms with E-state index in [1.54, 1.807) is 4.52 Å². The summed E-state index contributed by atoms with van der Waals surface area (Å²) in [5.41, 5.74) is 1.63. The predicted octanol–water partition coefficient (Wildman–Crippen LogP) is 1.72. The summed E-state index contributed by atoms with van der Waals surface area (Å²) in [7, 11) is -3.35. The molecule has 19 heavy (non-hydrogen) atoms. The fourth-order valence-corrected chi connectivity index (χ4v) is 4.11. The minimum atomic E-state index is -3.35. The highest BCUT2D eigenvalue weighted by Gasteiger charge is 2.29. The first-order valence-electron chi connectivity index (χ1n) is 6.39. The molecule has 0 saturated heterocycles. The van der Waals surface area contributed by atoms with Crippen molar-refractivity contribution in [2.75, 3.05) is 4.72 Å². The smallest absolute Gasteiger partial charge is 0.236 e. The maximum absolute atomic E-state index is 12.3. The Kier molecular flexibility index (Phi) is 2.93. The van der Waals surface area contributed by atoms with Crippen LogP contribution in [0.2, 0.25) is 0 Å². The summed E-state index contributed by atoms with van der Waals surface area (Å²) < 4.78 is 28.8. The number of aryl methyl sites for hydroxylation is 1. The molecule has 1 N–H and O–H groups in total. The van der Waals surface area contributed by atoms with Crippen molar-refractivity contribution in [2.45, 2.75) is 37.9 Å². The quantitative estimate of drug-likeness (QED) is 0.928. The van der Waals surface area contributed by atoms with Crippen molar-refractivity contribution in [3.05, 3.63) is 24.2 Å². The lowest BCUT2D eigenvalue weighted by Crippen LogP contribution is -2.26. The van der Waals surface area contributed by atoms with Crippen LogP contribution < -0.4 is 4.72 Å². The van der Waals surface area contributed by atoms with Crippen molar-refractivity contribution in [1.82, 2.24) is 14.6 Å². The molecule has 6 nitrogen and oxygen atoms in total.